The summed E-state index contributed by atoms with van der Waals surface area (Å²) >= 11 is 0. The zero-order chi connectivity index (χ0) is 15.6. The highest BCUT2D eigenvalue weighted by molar-refractivity contribution is 5.95. The third-order valence-electron chi connectivity index (χ3n) is 3.89. The van der Waals surface area contributed by atoms with Crippen molar-refractivity contribution in [2.24, 2.45) is 5.92 Å². The van der Waals surface area contributed by atoms with Crippen molar-refractivity contribution in [3.63, 3.8) is 0 Å². The number of amides is 1. The van der Waals surface area contributed by atoms with Gasteiger partial charge in [0.15, 0.2) is 0 Å². The Bertz CT molecular complexity index is 528. The van der Waals surface area contributed by atoms with Crippen LogP contribution in [0.1, 0.15) is 48.5 Å². The summed E-state index contributed by atoms with van der Waals surface area (Å²) in [5, 5.41) is 2.82. The summed E-state index contributed by atoms with van der Waals surface area (Å²) in [6.07, 6.45) is -0.655. The first-order valence-electron chi connectivity index (χ1n) is 7.05. The molecule has 0 saturated heterocycles. The van der Waals surface area contributed by atoms with Crippen LogP contribution in [0.25, 0.3) is 0 Å². The predicted octanol–water partition coefficient (Wildman–Crippen LogP) is 3.60. The average molecular weight is 300 g/mol. The number of hydrogen-bond donors (Lipinski definition) is 2. The molecule has 0 spiro atoms. The Morgan fingerprint density at radius 3 is 2.67 bits per heavy atom. The summed E-state index contributed by atoms with van der Waals surface area (Å²) in [6.45, 7) is 2.11. The lowest BCUT2D eigenvalue weighted by Crippen LogP contribution is -2.38. The van der Waals surface area contributed by atoms with Crippen molar-refractivity contribution >= 4 is 11.6 Å². The number of benzene rings is 1. The van der Waals surface area contributed by atoms with Crippen molar-refractivity contribution in [3.05, 3.63) is 29.3 Å². The molecule has 1 aliphatic rings. The van der Waals surface area contributed by atoms with Gasteiger partial charge < -0.3 is 11.1 Å². The van der Waals surface area contributed by atoms with E-state index < -0.39 is 17.6 Å². The molecular weight excluding hydrogens is 281 g/mol. The molecule has 1 saturated carbocycles. The van der Waals surface area contributed by atoms with Gasteiger partial charge in [0.2, 0.25) is 0 Å². The number of carbonyl (C=O) groups is 1. The Labute approximate surface area is 121 Å². The molecule has 1 aromatic rings. The normalized spacial score (nSPS) is 22.9. The molecule has 0 radical (unpaired) electrons. The molecule has 0 heterocycles. The highest BCUT2D eigenvalue weighted by Gasteiger charge is 2.33. The quantitative estimate of drug-likeness (QED) is 0.820. The summed E-state index contributed by atoms with van der Waals surface area (Å²) in [4.78, 5) is 12.1. The number of carbonyl (C=O) groups excluding carboxylic acids is 1. The molecular formula is C15H19F3N2O. The summed E-state index contributed by atoms with van der Waals surface area (Å²) < 4.78 is 38.4. The molecule has 0 aromatic heterocycles. The number of alkyl halides is 3. The van der Waals surface area contributed by atoms with Gasteiger partial charge in [0.25, 0.3) is 5.91 Å². The Morgan fingerprint density at radius 2 is 2.05 bits per heavy atom. The van der Waals surface area contributed by atoms with Gasteiger partial charge in [-0.3, -0.25) is 4.79 Å². The van der Waals surface area contributed by atoms with Crippen molar-refractivity contribution < 1.29 is 18.0 Å². The first kappa shape index (κ1) is 15.7. The SMILES string of the molecule is CC1CCCC(NC(=O)c2ccc(N)c(C(F)(F)F)c2)C1. The van der Waals surface area contributed by atoms with Crippen LogP contribution in [0.4, 0.5) is 18.9 Å². The van der Waals surface area contributed by atoms with Gasteiger partial charge in [0.1, 0.15) is 0 Å². The van der Waals surface area contributed by atoms with E-state index in [0.717, 1.165) is 37.8 Å². The minimum atomic E-state index is -4.56. The lowest BCUT2D eigenvalue weighted by atomic mass is 9.87. The van der Waals surface area contributed by atoms with Crippen LogP contribution < -0.4 is 11.1 Å². The number of nitrogens with one attached hydrogen (secondary N) is 1. The van der Waals surface area contributed by atoms with Crippen LogP contribution in [0.2, 0.25) is 0 Å². The molecule has 2 unspecified atom stereocenters. The average Bonchev–Trinajstić information content (AvgIpc) is 2.37. The molecule has 2 atom stereocenters. The third-order valence-corrected chi connectivity index (χ3v) is 3.89. The molecule has 116 valence electrons. The number of nitrogen functional groups attached to an aromatic ring is 1. The largest absolute Gasteiger partial charge is 0.418 e. The van der Waals surface area contributed by atoms with Crippen LogP contribution >= 0.6 is 0 Å². The van der Waals surface area contributed by atoms with Crippen molar-refractivity contribution in [1.29, 1.82) is 0 Å². The minimum absolute atomic E-state index is 0.00486. The maximum atomic E-state index is 12.8. The fourth-order valence-corrected chi connectivity index (χ4v) is 2.78. The van der Waals surface area contributed by atoms with E-state index in [1.165, 1.54) is 6.07 Å². The van der Waals surface area contributed by atoms with Crippen molar-refractivity contribution in [2.75, 3.05) is 5.73 Å². The second-order valence-electron chi connectivity index (χ2n) is 5.74. The molecule has 3 nitrogen and oxygen atoms in total. The Kier molecular flexibility index (Phi) is 4.44. The van der Waals surface area contributed by atoms with Gasteiger partial charge >= 0.3 is 6.18 Å². The highest BCUT2D eigenvalue weighted by Crippen LogP contribution is 2.34. The van der Waals surface area contributed by atoms with Crippen LogP contribution in [-0.2, 0) is 6.18 Å². The molecule has 3 N–H and O–H groups in total. The van der Waals surface area contributed by atoms with E-state index in [0.29, 0.717) is 5.92 Å². The molecule has 1 aliphatic carbocycles. The van der Waals surface area contributed by atoms with Crippen LogP contribution in [0.3, 0.4) is 0 Å². The zero-order valence-electron chi connectivity index (χ0n) is 11.8. The molecule has 0 aliphatic heterocycles. The maximum absolute atomic E-state index is 12.8. The first-order valence-corrected chi connectivity index (χ1v) is 7.05. The number of anilines is 1. The molecule has 6 heteroatoms. The summed E-state index contributed by atoms with van der Waals surface area (Å²) in [5.41, 5.74) is 3.99. The van der Waals surface area contributed by atoms with E-state index in [4.69, 9.17) is 5.73 Å². The van der Waals surface area contributed by atoms with E-state index in [2.05, 4.69) is 12.2 Å². The van der Waals surface area contributed by atoms with Gasteiger partial charge in [-0.1, -0.05) is 19.8 Å². The molecule has 0 bridgehead atoms. The fourth-order valence-electron chi connectivity index (χ4n) is 2.78. The molecule has 2 rings (SSSR count). The van der Waals surface area contributed by atoms with Gasteiger partial charge in [-0.05, 0) is 37.0 Å². The van der Waals surface area contributed by atoms with Gasteiger partial charge in [-0.2, -0.15) is 13.2 Å². The number of rotatable bonds is 2. The number of nitrogens with two attached hydrogens (primary N) is 1. The lowest BCUT2D eigenvalue weighted by Gasteiger charge is -2.27. The van der Waals surface area contributed by atoms with Gasteiger partial charge in [-0.25, -0.2) is 0 Å². The Morgan fingerprint density at radius 1 is 1.33 bits per heavy atom. The van der Waals surface area contributed by atoms with Crippen LogP contribution in [0, 0.1) is 5.92 Å². The Balaban J connectivity index is 2.12. The predicted molar refractivity (Wildman–Crippen MR) is 74.7 cm³/mol. The van der Waals surface area contributed by atoms with Crippen LogP contribution in [0.5, 0.6) is 0 Å². The number of halogens is 3. The molecule has 1 amide bonds. The maximum Gasteiger partial charge on any atom is 0.418 e. The second-order valence-corrected chi connectivity index (χ2v) is 5.74. The zero-order valence-corrected chi connectivity index (χ0v) is 11.8. The lowest BCUT2D eigenvalue weighted by molar-refractivity contribution is -0.136. The molecule has 21 heavy (non-hydrogen) atoms. The minimum Gasteiger partial charge on any atom is -0.398 e. The number of hydrogen-bond acceptors (Lipinski definition) is 2. The van der Waals surface area contributed by atoms with Crippen LogP contribution in [0.15, 0.2) is 18.2 Å². The third kappa shape index (κ3) is 3.89. The van der Waals surface area contributed by atoms with E-state index in [9.17, 15) is 18.0 Å². The smallest absolute Gasteiger partial charge is 0.398 e. The summed E-state index contributed by atoms with van der Waals surface area (Å²) in [7, 11) is 0. The summed E-state index contributed by atoms with van der Waals surface area (Å²) in [6, 6.07) is 3.30. The van der Waals surface area contributed by atoms with Crippen molar-refractivity contribution in [1.82, 2.24) is 5.32 Å². The highest BCUT2D eigenvalue weighted by atomic mass is 19.4. The van der Waals surface area contributed by atoms with Crippen LogP contribution in [-0.4, -0.2) is 11.9 Å². The van der Waals surface area contributed by atoms with Gasteiger partial charge in [0.05, 0.1) is 5.56 Å². The monoisotopic (exact) mass is 300 g/mol. The second kappa shape index (κ2) is 5.95. The van der Waals surface area contributed by atoms with Crippen molar-refractivity contribution in [3.8, 4) is 0 Å². The summed E-state index contributed by atoms with van der Waals surface area (Å²) in [5.74, 6) is 0.0563. The van der Waals surface area contributed by atoms with E-state index in [1.54, 1.807) is 0 Å². The van der Waals surface area contributed by atoms with Gasteiger partial charge in [-0.15, -0.1) is 0 Å². The van der Waals surface area contributed by atoms with E-state index in [-0.39, 0.29) is 17.3 Å². The first-order chi connectivity index (χ1) is 9.77. The van der Waals surface area contributed by atoms with E-state index >= 15 is 0 Å². The van der Waals surface area contributed by atoms with E-state index in [1.807, 2.05) is 0 Å². The fraction of sp³-hybridized carbons (Fsp3) is 0.533. The molecule has 1 fully saturated rings. The standard InChI is InChI=1S/C15H19F3N2O/c1-9-3-2-4-11(7-9)20-14(21)10-5-6-13(19)12(8-10)15(16,17)18/h5-6,8-9,11H,2-4,7,19H2,1H3,(H,20,21). The van der Waals surface area contributed by atoms with Crippen molar-refractivity contribution in [2.45, 2.75) is 44.8 Å². The van der Waals surface area contributed by atoms with Gasteiger partial charge in [0, 0.05) is 17.3 Å². The topological polar surface area (TPSA) is 55.1 Å². The molecule has 1 aromatic carbocycles. The Hall–Kier alpha value is -1.72.